The van der Waals surface area contributed by atoms with E-state index in [9.17, 15) is 4.79 Å². The fourth-order valence-electron chi connectivity index (χ4n) is 2.34. The Labute approximate surface area is 142 Å². The molecule has 3 aromatic rings. The van der Waals surface area contributed by atoms with Gasteiger partial charge in [0.2, 0.25) is 0 Å². The number of aromatic nitrogens is 1. The van der Waals surface area contributed by atoms with Gasteiger partial charge >= 0.3 is 0 Å². The minimum Gasteiger partial charge on any atom is -0.360 e. The van der Waals surface area contributed by atoms with Crippen LogP contribution in [0.2, 0.25) is 0 Å². The molecule has 0 bridgehead atoms. The summed E-state index contributed by atoms with van der Waals surface area (Å²) >= 11 is 3.40. The van der Waals surface area contributed by atoms with Crippen LogP contribution in [-0.2, 0) is 0 Å². The Morgan fingerprint density at radius 2 is 1.78 bits per heavy atom. The molecular formula is C18H15BrN2O2. The average Bonchev–Trinajstić information content (AvgIpc) is 2.92. The lowest BCUT2D eigenvalue weighted by Gasteiger charge is -2.08. The molecule has 1 amide bonds. The van der Waals surface area contributed by atoms with Gasteiger partial charge in [-0.2, -0.15) is 0 Å². The number of benzene rings is 2. The Kier molecular flexibility index (Phi) is 4.30. The van der Waals surface area contributed by atoms with E-state index in [0.29, 0.717) is 17.0 Å². The third-order valence-electron chi connectivity index (χ3n) is 3.60. The second kappa shape index (κ2) is 6.38. The van der Waals surface area contributed by atoms with Crippen LogP contribution in [0.3, 0.4) is 0 Å². The van der Waals surface area contributed by atoms with Crippen LogP contribution in [0, 0.1) is 13.8 Å². The van der Waals surface area contributed by atoms with E-state index in [2.05, 4.69) is 26.4 Å². The van der Waals surface area contributed by atoms with Gasteiger partial charge in [-0.05, 0) is 37.6 Å². The predicted molar refractivity (Wildman–Crippen MR) is 93.5 cm³/mol. The van der Waals surface area contributed by atoms with Crippen molar-refractivity contribution in [3.63, 3.8) is 0 Å². The lowest BCUT2D eigenvalue weighted by molar-refractivity contribution is 0.102. The molecule has 0 radical (unpaired) electrons. The van der Waals surface area contributed by atoms with E-state index in [1.54, 1.807) is 6.92 Å². The third-order valence-corrected chi connectivity index (χ3v) is 4.13. The maximum atomic E-state index is 12.7. The first-order valence-corrected chi connectivity index (χ1v) is 7.95. The molecule has 3 rings (SSSR count). The van der Waals surface area contributed by atoms with Crippen molar-refractivity contribution in [1.82, 2.24) is 5.16 Å². The van der Waals surface area contributed by atoms with Crippen LogP contribution in [0.5, 0.6) is 0 Å². The molecule has 0 saturated carbocycles. The highest BCUT2D eigenvalue weighted by Crippen LogP contribution is 2.27. The molecule has 0 saturated heterocycles. The number of aryl methyl sites for hydroxylation is 2. The zero-order valence-electron chi connectivity index (χ0n) is 12.8. The van der Waals surface area contributed by atoms with Crippen molar-refractivity contribution in [2.24, 2.45) is 0 Å². The molecule has 0 spiro atoms. The fraction of sp³-hybridized carbons (Fsp3) is 0.111. The Morgan fingerprint density at radius 1 is 1.09 bits per heavy atom. The number of halogens is 1. The third kappa shape index (κ3) is 3.19. The Bertz CT molecular complexity index is 854. The number of amides is 1. The summed E-state index contributed by atoms with van der Waals surface area (Å²) < 4.78 is 6.21. The molecule has 0 fully saturated rings. The highest BCUT2D eigenvalue weighted by atomic mass is 79.9. The summed E-state index contributed by atoms with van der Waals surface area (Å²) in [7, 11) is 0. The molecular weight excluding hydrogens is 356 g/mol. The lowest BCUT2D eigenvalue weighted by atomic mass is 10.1. The van der Waals surface area contributed by atoms with E-state index in [4.69, 9.17) is 4.52 Å². The summed E-state index contributed by atoms with van der Waals surface area (Å²) in [5.41, 5.74) is 3.61. The first-order chi connectivity index (χ1) is 11.1. The predicted octanol–water partition coefficient (Wildman–Crippen LogP) is 4.97. The maximum Gasteiger partial charge on any atom is 0.261 e. The van der Waals surface area contributed by atoms with Gasteiger partial charge in [0.25, 0.3) is 5.91 Å². The minimum absolute atomic E-state index is 0.226. The molecule has 0 aliphatic rings. The van der Waals surface area contributed by atoms with E-state index in [1.807, 2.05) is 55.5 Å². The second-order valence-corrected chi connectivity index (χ2v) is 6.15. The molecule has 0 aliphatic carbocycles. The zero-order valence-corrected chi connectivity index (χ0v) is 14.3. The number of nitrogens with zero attached hydrogens (tertiary/aromatic N) is 1. The average molecular weight is 371 g/mol. The molecule has 0 atom stereocenters. The topological polar surface area (TPSA) is 55.1 Å². The van der Waals surface area contributed by atoms with Crippen molar-refractivity contribution >= 4 is 27.5 Å². The second-order valence-electron chi connectivity index (χ2n) is 5.24. The van der Waals surface area contributed by atoms with Crippen molar-refractivity contribution in [2.75, 3.05) is 5.32 Å². The first-order valence-electron chi connectivity index (χ1n) is 7.15. The molecule has 5 heteroatoms. The summed E-state index contributed by atoms with van der Waals surface area (Å²) in [6, 6.07) is 15.2. The number of carbonyl (C=O) groups excluding carboxylic acids is 1. The van der Waals surface area contributed by atoms with Crippen LogP contribution in [-0.4, -0.2) is 11.1 Å². The largest absolute Gasteiger partial charge is 0.360 e. The summed E-state index contributed by atoms with van der Waals surface area (Å²) in [5.74, 6) is 0.268. The summed E-state index contributed by atoms with van der Waals surface area (Å²) in [4.78, 5) is 12.7. The van der Waals surface area contributed by atoms with Crippen LogP contribution in [0.25, 0.3) is 11.3 Å². The van der Waals surface area contributed by atoms with Crippen LogP contribution < -0.4 is 5.32 Å². The van der Waals surface area contributed by atoms with Crippen molar-refractivity contribution in [3.8, 4) is 11.3 Å². The fourth-order valence-corrected chi connectivity index (χ4v) is 2.61. The van der Waals surface area contributed by atoms with E-state index >= 15 is 0 Å². The van der Waals surface area contributed by atoms with Gasteiger partial charge in [0.05, 0.1) is 0 Å². The van der Waals surface area contributed by atoms with E-state index in [-0.39, 0.29) is 5.91 Å². The number of para-hydroxylation sites is 1. The van der Waals surface area contributed by atoms with Gasteiger partial charge in [0.15, 0.2) is 0 Å². The molecule has 2 aromatic carbocycles. The number of hydrogen-bond acceptors (Lipinski definition) is 3. The van der Waals surface area contributed by atoms with Gasteiger partial charge in [-0.1, -0.05) is 51.4 Å². The number of anilines is 1. The number of hydrogen-bond donors (Lipinski definition) is 1. The van der Waals surface area contributed by atoms with Crippen LogP contribution in [0.1, 0.15) is 21.7 Å². The van der Waals surface area contributed by atoms with Gasteiger partial charge in [-0.3, -0.25) is 4.79 Å². The van der Waals surface area contributed by atoms with E-state index in [0.717, 1.165) is 21.3 Å². The van der Waals surface area contributed by atoms with Crippen molar-refractivity contribution in [3.05, 3.63) is 69.9 Å². The molecule has 1 aromatic heterocycles. The highest BCUT2D eigenvalue weighted by molar-refractivity contribution is 9.10. The van der Waals surface area contributed by atoms with E-state index < -0.39 is 0 Å². The molecule has 1 heterocycles. The number of rotatable bonds is 3. The normalized spacial score (nSPS) is 10.6. The Hall–Kier alpha value is -2.40. The molecule has 116 valence electrons. The van der Waals surface area contributed by atoms with Gasteiger partial charge < -0.3 is 9.84 Å². The molecule has 1 N–H and O–H groups in total. The number of carbonyl (C=O) groups is 1. The van der Waals surface area contributed by atoms with Gasteiger partial charge in [0, 0.05) is 15.7 Å². The first kappa shape index (κ1) is 15.5. The van der Waals surface area contributed by atoms with Gasteiger partial charge in [-0.15, -0.1) is 0 Å². The molecule has 4 nitrogen and oxygen atoms in total. The summed E-state index contributed by atoms with van der Waals surface area (Å²) in [5, 5.41) is 6.98. The van der Waals surface area contributed by atoms with Crippen molar-refractivity contribution in [1.29, 1.82) is 0 Å². The van der Waals surface area contributed by atoms with Crippen LogP contribution in [0.15, 0.2) is 57.5 Å². The minimum atomic E-state index is -0.226. The van der Waals surface area contributed by atoms with Crippen LogP contribution >= 0.6 is 15.9 Å². The van der Waals surface area contributed by atoms with Crippen molar-refractivity contribution < 1.29 is 9.32 Å². The SMILES string of the molecule is Cc1ccccc1NC(=O)c1c(-c2ccc(Br)cc2)noc1C. The molecule has 23 heavy (non-hydrogen) atoms. The molecule has 0 aliphatic heterocycles. The smallest absolute Gasteiger partial charge is 0.261 e. The molecule has 0 unspecified atom stereocenters. The standard InChI is InChI=1S/C18H15BrN2O2/c1-11-5-3-4-6-15(11)20-18(22)16-12(2)23-21-17(16)13-7-9-14(19)10-8-13/h3-10H,1-2H3,(H,20,22). The Morgan fingerprint density at radius 3 is 2.48 bits per heavy atom. The van der Waals surface area contributed by atoms with Crippen molar-refractivity contribution in [2.45, 2.75) is 13.8 Å². The summed E-state index contributed by atoms with van der Waals surface area (Å²) in [6.07, 6.45) is 0. The quantitative estimate of drug-likeness (QED) is 0.707. The van der Waals surface area contributed by atoms with Crippen LogP contribution in [0.4, 0.5) is 5.69 Å². The zero-order chi connectivity index (χ0) is 16.4. The monoisotopic (exact) mass is 370 g/mol. The summed E-state index contributed by atoms with van der Waals surface area (Å²) in [6.45, 7) is 3.69. The maximum absolute atomic E-state index is 12.7. The van der Waals surface area contributed by atoms with E-state index in [1.165, 1.54) is 0 Å². The Balaban J connectivity index is 1.97. The lowest BCUT2D eigenvalue weighted by Crippen LogP contribution is -2.14. The van der Waals surface area contributed by atoms with Gasteiger partial charge in [-0.25, -0.2) is 0 Å². The van der Waals surface area contributed by atoms with Gasteiger partial charge in [0.1, 0.15) is 17.0 Å². The highest BCUT2D eigenvalue weighted by Gasteiger charge is 2.22. The number of nitrogens with one attached hydrogen (secondary N) is 1.